The Morgan fingerprint density at radius 1 is 1.18 bits per heavy atom. The van der Waals surface area contributed by atoms with Gasteiger partial charge in [0.15, 0.2) is 0 Å². The fourth-order valence-corrected chi connectivity index (χ4v) is 2.47. The lowest BCUT2D eigenvalue weighted by Crippen LogP contribution is -2.21. The number of hydrazone groups is 1. The first kappa shape index (κ1) is 15.9. The molecular weight excluding hydrogens is 288 g/mol. The molecule has 1 aliphatic rings. The zero-order valence-corrected chi connectivity index (χ0v) is 12.5. The van der Waals surface area contributed by atoms with Crippen LogP contribution in [0.3, 0.4) is 0 Å². The summed E-state index contributed by atoms with van der Waals surface area (Å²) in [4.78, 5) is 20.4. The van der Waals surface area contributed by atoms with E-state index in [9.17, 15) is 20.2 Å². The molecule has 0 unspecified atom stereocenters. The zero-order chi connectivity index (χ0) is 16.3. The number of rotatable bonds is 4. The third-order valence-electron chi connectivity index (χ3n) is 4.14. The van der Waals surface area contributed by atoms with Crippen molar-refractivity contribution in [1.82, 2.24) is 0 Å². The van der Waals surface area contributed by atoms with Gasteiger partial charge in [0.2, 0.25) is 0 Å². The third-order valence-corrected chi connectivity index (χ3v) is 4.14. The van der Waals surface area contributed by atoms with Crippen LogP contribution < -0.4 is 5.43 Å². The topological polar surface area (TPSA) is 111 Å². The summed E-state index contributed by atoms with van der Waals surface area (Å²) in [5, 5.41) is 26.0. The number of nitro groups is 2. The maximum absolute atomic E-state index is 11.0. The SMILES string of the molecule is C[C@H]1CC/C(=N\Nc2ccc([N+](=O)[O-])cc2[N+](=O)[O-])C[C@@H]1C. The molecule has 1 N–H and O–H groups in total. The lowest BCUT2D eigenvalue weighted by Gasteiger charge is -2.26. The Hall–Kier alpha value is -2.51. The van der Waals surface area contributed by atoms with E-state index in [-0.39, 0.29) is 17.1 Å². The minimum absolute atomic E-state index is 0.161. The van der Waals surface area contributed by atoms with Crippen LogP contribution in [0.5, 0.6) is 0 Å². The van der Waals surface area contributed by atoms with Gasteiger partial charge in [-0.05, 0) is 37.2 Å². The Morgan fingerprint density at radius 2 is 1.91 bits per heavy atom. The summed E-state index contributed by atoms with van der Waals surface area (Å²) in [6, 6.07) is 3.48. The van der Waals surface area contributed by atoms with Crippen molar-refractivity contribution in [1.29, 1.82) is 0 Å². The van der Waals surface area contributed by atoms with E-state index in [1.165, 1.54) is 12.1 Å². The van der Waals surface area contributed by atoms with Crippen LogP contribution in [0, 0.1) is 32.1 Å². The van der Waals surface area contributed by atoms with Crippen LogP contribution in [0.25, 0.3) is 0 Å². The molecule has 1 aliphatic carbocycles. The first-order valence-corrected chi connectivity index (χ1v) is 7.12. The Balaban J connectivity index is 2.19. The minimum atomic E-state index is -0.660. The second-order valence-corrected chi connectivity index (χ2v) is 5.70. The highest BCUT2D eigenvalue weighted by Gasteiger charge is 2.22. The smallest absolute Gasteiger partial charge is 0.272 e. The van der Waals surface area contributed by atoms with Crippen molar-refractivity contribution < 1.29 is 9.85 Å². The highest BCUT2D eigenvalue weighted by molar-refractivity contribution is 5.86. The van der Waals surface area contributed by atoms with E-state index < -0.39 is 9.85 Å². The average molecular weight is 306 g/mol. The second-order valence-electron chi connectivity index (χ2n) is 5.70. The van der Waals surface area contributed by atoms with Crippen LogP contribution in [0.15, 0.2) is 23.3 Å². The molecule has 0 aromatic heterocycles. The second kappa shape index (κ2) is 6.50. The number of nitrogens with one attached hydrogen (secondary N) is 1. The van der Waals surface area contributed by atoms with Crippen molar-refractivity contribution in [3.05, 3.63) is 38.4 Å². The van der Waals surface area contributed by atoms with Crippen molar-refractivity contribution in [2.45, 2.75) is 33.1 Å². The van der Waals surface area contributed by atoms with Gasteiger partial charge in [0, 0.05) is 11.8 Å². The van der Waals surface area contributed by atoms with Gasteiger partial charge in [-0.2, -0.15) is 5.10 Å². The van der Waals surface area contributed by atoms with E-state index in [0.717, 1.165) is 31.0 Å². The normalized spacial score (nSPS) is 23.3. The monoisotopic (exact) mass is 306 g/mol. The molecule has 8 nitrogen and oxygen atoms in total. The van der Waals surface area contributed by atoms with Gasteiger partial charge in [0.25, 0.3) is 5.69 Å². The molecule has 118 valence electrons. The zero-order valence-electron chi connectivity index (χ0n) is 12.5. The van der Waals surface area contributed by atoms with E-state index in [2.05, 4.69) is 24.4 Å². The fraction of sp³-hybridized carbons (Fsp3) is 0.500. The number of benzene rings is 1. The molecule has 22 heavy (non-hydrogen) atoms. The van der Waals surface area contributed by atoms with Crippen molar-refractivity contribution in [3.63, 3.8) is 0 Å². The molecule has 0 radical (unpaired) electrons. The Morgan fingerprint density at radius 3 is 2.50 bits per heavy atom. The number of anilines is 1. The summed E-state index contributed by atoms with van der Waals surface area (Å²) in [5.74, 6) is 1.17. The van der Waals surface area contributed by atoms with Crippen LogP contribution in [0.2, 0.25) is 0 Å². The van der Waals surface area contributed by atoms with E-state index in [0.29, 0.717) is 11.8 Å². The minimum Gasteiger partial charge on any atom is -0.272 e. The number of hydrogen-bond acceptors (Lipinski definition) is 6. The number of hydrogen-bond donors (Lipinski definition) is 1. The van der Waals surface area contributed by atoms with Gasteiger partial charge in [-0.15, -0.1) is 0 Å². The van der Waals surface area contributed by atoms with Gasteiger partial charge in [0.05, 0.1) is 15.9 Å². The van der Waals surface area contributed by atoms with E-state index in [4.69, 9.17) is 0 Å². The molecule has 0 heterocycles. The van der Waals surface area contributed by atoms with E-state index in [1.807, 2.05) is 0 Å². The Bertz CT molecular complexity index is 629. The van der Waals surface area contributed by atoms with Crippen LogP contribution in [0.1, 0.15) is 33.1 Å². The molecule has 1 aromatic rings. The Labute approximate surface area is 127 Å². The lowest BCUT2D eigenvalue weighted by molar-refractivity contribution is -0.393. The standard InChI is InChI=1S/C14H18N4O4/c1-9-3-4-11(7-10(9)2)15-16-13-6-5-12(17(19)20)8-14(13)18(21)22/h5-6,8-10,16H,3-4,7H2,1-2H3/b15-11+/t9-,10-/m0/s1. The maximum Gasteiger partial charge on any atom is 0.301 e. The molecule has 2 rings (SSSR count). The molecule has 1 fully saturated rings. The molecule has 0 spiro atoms. The van der Waals surface area contributed by atoms with Crippen molar-refractivity contribution >= 4 is 22.8 Å². The van der Waals surface area contributed by atoms with Gasteiger partial charge in [-0.3, -0.25) is 25.7 Å². The predicted octanol–water partition coefficient (Wildman–Crippen LogP) is 3.73. The highest BCUT2D eigenvalue weighted by Crippen LogP contribution is 2.30. The summed E-state index contributed by atoms with van der Waals surface area (Å²) < 4.78 is 0. The van der Waals surface area contributed by atoms with Crippen LogP contribution in [-0.4, -0.2) is 15.6 Å². The molecule has 0 bridgehead atoms. The molecule has 1 aromatic carbocycles. The van der Waals surface area contributed by atoms with Gasteiger partial charge < -0.3 is 0 Å². The van der Waals surface area contributed by atoms with Gasteiger partial charge >= 0.3 is 5.69 Å². The number of non-ortho nitro benzene ring substituents is 1. The quantitative estimate of drug-likeness (QED) is 0.673. The molecule has 0 aliphatic heterocycles. The van der Waals surface area contributed by atoms with Crippen LogP contribution in [0.4, 0.5) is 17.1 Å². The predicted molar refractivity (Wildman–Crippen MR) is 83.0 cm³/mol. The van der Waals surface area contributed by atoms with Crippen molar-refractivity contribution in [2.24, 2.45) is 16.9 Å². The first-order chi connectivity index (χ1) is 10.4. The molecule has 2 atom stereocenters. The summed E-state index contributed by atoms with van der Waals surface area (Å²) in [6.45, 7) is 4.36. The number of nitro benzene ring substituents is 2. The summed E-state index contributed by atoms with van der Waals surface area (Å²) >= 11 is 0. The molecular formula is C14H18N4O4. The molecule has 0 saturated heterocycles. The molecule has 0 amide bonds. The van der Waals surface area contributed by atoms with Crippen LogP contribution >= 0.6 is 0 Å². The number of nitrogens with zero attached hydrogens (tertiary/aromatic N) is 3. The average Bonchev–Trinajstić information content (AvgIpc) is 2.48. The van der Waals surface area contributed by atoms with E-state index >= 15 is 0 Å². The molecule has 8 heteroatoms. The first-order valence-electron chi connectivity index (χ1n) is 7.12. The summed E-state index contributed by atoms with van der Waals surface area (Å²) in [5.41, 5.74) is 3.16. The fourth-order valence-electron chi connectivity index (χ4n) is 2.47. The molecule has 1 saturated carbocycles. The Kier molecular flexibility index (Phi) is 4.69. The largest absolute Gasteiger partial charge is 0.301 e. The summed E-state index contributed by atoms with van der Waals surface area (Å²) in [7, 11) is 0. The summed E-state index contributed by atoms with van der Waals surface area (Å²) in [6.07, 6.45) is 2.76. The third kappa shape index (κ3) is 3.57. The van der Waals surface area contributed by atoms with Crippen molar-refractivity contribution in [3.8, 4) is 0 Å². The van der Waals surface area contributed by atoms with E-state index in [1.54, 1.807) is 0 Å². The highest BCUT2D eigenvalue weighted by atomic mass is 16.6. The van der Waals surface area contributed by atoms with Gasteiger partial charge in [-0.1, -0.05) is 13.8 Å². The van der Waals surface area contributed by atoms with Crippen molar-refractivity contribution in [2.75, 3.05) is 5.43 Å². The lowest BCUT2D eigenvalue weighted by atomic mass is 9.81. The van der Waals surface area contributed by atoms with Gasteiger partial charge in [-0.25, -0.2) is 0 Å². The van der Waals surface area contributed by atoms with Crippen LogP contribution in [-0.2, 0) is 0 Å². The van der Waals surface area contributed by atoms with Gasteiger partial charge in [0.1, 0.15) is 5.69 Å². The maximum atomic E-state index is 11.0.